The second kappa shape index (κ2) is 8.92. The molecule has 21 heavy (non-hydrogen) atoms. The van der Waals surface area contributed by atoms with Gasteiger partial charge in [0.25, 0.3) is 0 Å². The van der Waals surface area contributed by atoms with Crippen molar-refractivity contribution in [2.75, 3.05) is 62.6 Å². The van der Waals surface area contributed by atoms with Crippen molar-refractivity contribution in [2.24, 2.45) is 0 Å². The van der Waals surface area contributed by atoms with E-state index in [2.05, 4.69) is 26.3 Å². The van der Waals surface area contributed by atoms with E-state index in [4.69, 9.17) is 10.00 Å². The third kappa shape index (κ3) is 5.39. The van der Waals surface area contributed by atoms with Gasteiger partial charge in [-0.15, -0.1) is 0 Å². The predicted octanol–water partition coefficient (Wildman–Crippen LogP) is 0.736. The fraction of sp³-hybridized carbons (Fsp3) is 0.692. The van der Waals surface area contributed by atoms with Gasteiger partial charge in [0.05, 0.1) is 19.1 Å². The molecule has 116 valence electrons. The zero-order valence-electron chi connectivity index (χ0n) is 13.1. The molecular weight excluding hydrogens is 270 g/mol. The molecule has 0 saturated carbocycles. The van der Waals surface area contributed by atoms with Gasteiger partial charge in [-0.05, 0) is 6.92 Å². The van der Waals surface area contributed by atoms with Gasteiger partial charge in [0.2, 0.25) is 17.8 Å². The van der Waals surface area contributed by atoms with Crippen molar-refractivity contribution in [3.8, 4) is 6.07 Å². The first-order chi connectivity index (χ1) is 10.1. The molecule has 0 radical (unpaired) electrons. The molecule has 0 bridgehead atoms. The molecule has 1 aromatic heterocycles. The van der Waals surface area contributed by atoms with Gasteiger partial charge in [-0.2, -0.15) is 20.2 Å². The first-order valence-electron chi connectivity index (χ1n) is 6.90. The molecule has 0 spiro atoms. The van der Waals surface area contributed by atoms with Crippen LogP contribution < -0.4 is 15.1 Å². The van der Waals surface area contributed by atoms with E-state index in [-0.39, 0.29) is 0 Å². The first-order valence-corrected chi connectivity index (χ1v) is 6.90. The Morgan fingerprint density at radius 3 is 2.48 bits per heavy atom. The van der Waals surface area contributed by atoms with Crippen LogP contribution in [0.3, 0.4) is 0 Å². The van der Waals surface area contributed by atoms with Crippen LogP contribution in [0, 0.1) is 11.3 Å². The molecule has 1 heterocycles. The van der Waals surface area contributed by atoms with E-state index in [0.717, 1.165) is 6.54 Å². The molecule has 0 aliphatic carbocycles. The monoisotopic (exact) mass is 293 g/mol. The fourth-order valence-corrected chi connectivity index (χ4v) is 1.63. The summed E-state index contributed by atoms with van der Waals surface area (Å²) in [7, 11) is 5.40. The molecule has 0 aromatic carbocycles. The Morgan fingerprint density at radius 1 is 1.19 bits per heavy atom. The van der Waals surface area contributed by atoms with Crippen LogP contribution in [0.1, 0.15) is 13.3 Å². The molecule has 1 N–H and O–H groups in total. The summed E-state index contributed by atoms with van der Waals surface area (Å²) in [5.41, 5.74) is 0. The van der Waals surface area contributed by atoms with E-state index >= 15 is 0 Å². The number of ether oxygens (including phenoxy) is 1. The summed E-state index contributed by atoms with van der Waals surface area (Å²) in [6.07, 6.45) is 0.406. The molecule has 0 amide bonds. The number of aromatic nitrogens is 3. The second-order valence-electron chi connectivity index (χ2n) is 4.57. The van der Waals surface area contributed by atoms with Crippen molar-refractivity contribution in [3.63, 3.8) is 0 Å². The van der Waals surface area contributed by atoms with Crippen LogP contribution in [-0.2, 0) is 4.74 Å². The maximum Gasteiger partial charge on any atom is 0.232 e. The number of hydrogen-bond acceptors (Lipinski definition) is 8. The minimum absolute atomic E-state index is 0.406. The summed E-state index contributed by atoms with van der Waals surface area (Å²) < 4.78 is 5.11. The molecule has 0 aliphatic heterocycles. The van der Waals surface area contributed by atoms with Gasteiger partial charge in [-0.1, -0.05) is 0 Å². The van der Waals surface area contributed by atoms with Crippen molar-refractivity contribution in [1.29, 1.82) is 5.26 Å². The smallest absolute Gasteiger partial charge is 0.232 e. The summed E-state index contributed by atoms with van der Waals surface area (Å²) in [6, 6.07) is 2.14. The third-order valence-corrected chi connectivity index (χ3v) is 2.69. The van der Waals surface area contributed by atoms with Crippen LogP contribution in [-0.4, -0.2) is 62.4 Å². The lowest BCUT2D eigenvalue weighted by atomic mass is 10.4. The zero-order valence-corrected chi connectivity index (χ0v) is 13.1. The number of anilines is 3. The Balaban J connectivity index is 3.05. The molecule has 0 saturated heterocycles. The second-order valence-corrected chi connectivity index (χ2v) is 4.57. The summed E-state index contributed by atoms with van der Waals surface area (Å²) >= 11 is 0. The molecule has 0 unspecified atom stereocenters. The summed E-state index contributed by atoms with van der Waals surface area (Å²) in [4.78, 5) is 17.0. The van der Waals surface area contributed by atoms with E-state index in [1.807, 2.05) is 30.8 Å². The van der Waals surface area contributed by atoms with E-state index in [1.54, 1.807) is 7.11 Å². The lowest BCUT2D eigenvalue weighted by Gasteiger charge is -2.23. The Morgan fingerprint density at radius 2 is 1.90 bits per heavy atom. The standard InChI is InChI=1S/C13H23N7O/c1-5-15-11-16-12(19(2)3)18-13(17-11)20(8-6-7-14)9-10-21-4/h5-6,8-10H2,1-4H3,(H,15,16,17,18). The molecule has 8 nitrogen and oxygen atoms in total. The number of nitriles is 1. The van der Waals surface area contributed by atoms with Gasteiger partial charge in [-0.3, -0.25) is 0 Å². The van der Waals surface area contributed by atoms with Gasteiger partial charge >= 0.3 is 0 Å². The Bertz CT molecular complexity index is 472. The number of nitrogens with one attached hydrogen (secondary N) is 1. The van der Waals surface area contributed by atoms with Crippen LogP contribution in [0.25, 0.3) is 0 Å². The minimum Gasteiger partial charge on any atom is -0.383 e. The summed E-state index contributed by atoms with van der Waals surface area (Å²) in [5, 5.41) is 11.9. The van der Waals surface area contributed by atoms with E-state index in [1.165, 1.54) is 0 Å². The number of rotatable bonds is 9. The van der Waals surface area contributed by atoms with Gasteiger partial charge < -0.3 is 19.9 Å². The van der Waals surface area contributed by atoms with E-state index < -0.39 is 0 Å². The van der Waals surface area contributed by atoms with E-state index in [0.29, 0.717) is 44.0 Å². The van der Waals surface area contributed by atoms with E-state index in [9.17, 15) is 0 Å². The zero-order chi connectivity index (χ0) is 15.7. The number of nitrogens with zero attached hydrogens (tertiary/aromatic N) is 6. The molecule has 1 rings (SSSR count). The molecule has 8 heteroatoms. The Hall–Kier alpha value is -2.14. The van der Waals surface area contributed by atoms with Gasteiger partial charge in [-0.25, -0.2) is 0 Å². The van der Waals surface area contributed by atoms with Crippen LogP contribution in [0.4, 0.5) is 17.8 Å². The number of hydrogen-bond donors (Lipinski definition) is 1. The molecular formula is C13H23N7O. The van der Waals surface area contributed by atoms with Crippen molar-refractivity contribution < 1.29 is 4.74 Å². The Labute approximate surface area is 125 Å². The van der Waals surface area contributed by atoms with Crippen molar-refractivity contribution in [3.05, 3.63) is 0 Å². The molecule has 0 atom stereocenters. The number of methoxy groups -OCH3 is 1. The third-order valence-electron chi connectivity index (χ3n) is 2.69. The highest BCUT2D eigenvalue weighted by molar-refractivity contribution is 5.44. The largest absolute Gasteiger partial charge is 0.383 e. The van der Waals surface area contributed by atoms with Gasteiger partial charge in [0.1, 0.15) is 0 Å². The van der Waals surface area contributed by atoms with Gasteiger partial charge in [0.15, 0.2) is 0 Å². The minimum atomic E-state index is 0.406. The first kappa shape index (κ1) is 16.9. The quantitative estimate of drug-likeness (QED) is 0.713. The normalized spacial score (nSPS) is 10.0. The average molecular weight is 293 g/mol. The highest BCUT2D eigenvalue weighted by Crippen LogP contribution is 2.15. The van der Waals surface area contributed by atoms with Crippen molar-refractivity contribution >= 4 is 17.8 Å². The van der Waals surface area contributed by atoms with Crippen LogP contribution in [0.2, 0.25) is 0 Å². The lowest BCUT2D eigenvalue weighted by molar-refractivity contribution is 0.205. The van der Waals surface area contributed by atoms with Crippen molar-refractivity contribution in [1.82, 2.24) is 15.0 Å². The van der Waals surface area contributed by atoms with Crippen LogP contribution in [0.15, 0.2) is 0 Å². The molecule has 1 aromatic rings. The highest BCUT2D eigenvalue weighted by Gasteiger charge is 2.14. The summed E-state index contributed by atoms with van der Waals surface area (Å²) in [6.45, 7) is 4.44. The SMILES string of the molecule is CCNc1nc(N(C)C)nc(N(CCC#N)CCOC)n1. The average Bonchev–Trinajstić information content (AvgIpc) is 2.47. The topological polar surface area (TPSA) is 90.2 Å². The predicted molar refractivity (Wildman–Crippen MR) is 82.6 cm³/mol. The van der Waals surface area contributed by atoms with Crippen LogP contribution >= 0.6 is 0 Å². The molecule has 0 fully saturated rings. The maximum absolute atomic E-state index is 8.79. The van der Waals surface area contributed by atoms with Gasteiger partial charge in [0, 0.05) is 40.8 Å². The van der Waals surface area contributed by atoms with Crippen molar-refractivity contribution in [2.45, 2.75) is 13.3 Å². The molecule has 0 aliphatic rings. The lowest BCUT2D eigenvalue weighted by Crippen LogP contribution is -2.31. The van der Waals surface area contributed by atoms with Crippen LogP contribution in [0.5, 0.6) is 0 Å². The Kier molecular flexibility index (Phi) is 7.18. The fourth-order valence-electron chi connectivity index (χ4n) is 1.63. The maximum atomic E-state index is 8.79. The highest BCUT2D eigenvalue weighted by atomic mass is 16.5. The summed E-state index contributed by atoms with van der Waals surface area (Å²) in [5.74, 6) is 1.66.